The van der Waals surface area contributed by atoms with Gasteiger partial charge in [-0.05, 0) is 55.7 Å². The normalized spacial score (nSPS) is 16.1. The molecule has 4 aromatic rings. The van der Waals surface area contributed by atoms with Gasteiger partial charge >= 0.3 is 5.91 Å². The third-order valence-corrected chi connectivity index (χ3v) is 8.82. The lowest BCUT2D eigenvalue weighted by atomic mass is 9.95. The van der Waals surface area contributed by atoms with Gasteiger partial charge in [0.25, 0.3) is 5.78 Å². The minimum atomic E-state index is -0.997. The van der Waals surface area contributed by atoms with Crippen molar-refractivity contribution in [3.63, 3.8) is 0 Å². The van der Waals surface area contributed by atoms with E-state index in [-0.39, 0.29) is 22.3 Å². The minimum absolute atomic E-state index is 0.0609. The number of anilines is 1. The van der Waals surface area contributed by atoms with Crippen molar-refractivity contribution in [2.45, 2.75) is 43.3 Å². The van der Waals surface area contributed by atoms with Crippen molar-refractivity contribution in [3.8, 4) is 11.5 Å². The van der Waals surface area contributed by atoms with Crippen molar-refractivity contribution in [1.29, 1.82) is 0 Å². The number of aliphatic hydroxyl groups excluding tert-OH is 1. The van der Waals surface area contributed by atoms with Crippen LogP contribution in [0.5, 0.6) is 11.5 Å². The van der Waals surface area contributed by atoms with E-state index in [1.165, 1.54) is 28.8 Å². The first kappa shape index (κ1) is 30.2. The molecule has 1 fully saturated rings. The van der Waals surface area contributed by atoms with Crippen LogP contribution in [0.25, 0.3) is 5.76 Å². The molecule has 1 amide bonds. The maximum Gasteiger partial charge on any atom is 0.301 e. The van der Waals surface area contributed by atoms with Gasteiger partial charge in [0, 0.05) is 11.3 Å². The van der Waals surface area contributed by atoms with E-state index in [9.17, 15) is 19.1 Å². The summed E-state index contributed by atoms with van der Waals surface area (Å²) < 4.78 is 25.6. The van der Waals surface area contributed by atoms with E-state index < -0.39 is 17.7 Å². The summed E-state index contributed by atoms with van der Waals surface area (Å²) in [5, 5.41) is 20.1. The van der Waals surface area contributed by atoms with Crippen LogP contribution in [0.2, 0.25) is 0 Å². The molecule has 5 rings (SSSR count). The third-order valence-electron chi connectivity index (χ3n) is 6.69. The minimum Gasteiger partial charge on any atom is -0.507 e. The summed E-state index contributed by atoms with van der Waals surface area (Å²) in [6, 6.07) is 17.5. The molecule has 1 atom stereocenters. The van der Waals surface area contributed by atoms with Gasteiger partial charge in [0.2, 0.25) is 5.13 Å². The number of aliphatic hydroxyl groups is 1. The number of amides is 1. The highest BCUT2D eigenvalue weighted by Gasteiger charge is 2.48. The molecule has 0 radical (unpaired) electrons. The van der Waals surface area contributed by atoms with E-state index >= 15 is 0 Å². The van der Waals surface area contributed by atoms with Gasteiger partial charge in [0.05, 0.1) is 24.8 Å². The molecule has 222 valence electrons. The molecule has 1 saturated heterocycles. The molecule has 2 heterocycles. The first-order valence-corrected chi connectivity index (χ1v) is 15.6. The second kappa shape index (κ2) is 13.4. The fourth-order valence-corrected chi connectivity index (χ4v) is 6.41. The number of nitrogens with zero attached hydrogens (tertiary/aromatic N) is 3. The third kappa shape index (κ3) is 6.57. The van der Waals surface area contributed by atoms with Gasteiger partial charge in [-0.15, -0.1) is 10.2 Å². The molecule has 1 aliphatic heterocycles. The molecule has 43 heavy (non-hydrogen) atoms. The highest BCUT2D eigenvalue weighted by molar-refractivity contribution is 8.00. The Bertz CT molecular complexity index is 1650. The lowest BCUT2D eigenvalue weighted by molar-refractivity contribution is -0.132. The average Bonchev–Trinajstić information content (AvgIpc) is 3.58. The second-order valence-corrected chi connectivity index (χ2v) is 12.0. The zero-order valence-electron chi connectivity index (χ0n) is 23.9. The van der Waals surface area contributed by atoms with E-state index in [1.807, 2.05) is 32.9 Å². The summed E-state index contributed by atoms with van der Waals surface area (Å²) in [5.41, 5.74) is 2.77. The van der Waals surface area contributed by atoms with Gasteiger partial charge in [-0.2, -0.15) is 0 Å². The van der Waals surface area contributed by atoms with Crippen LogP contribution in [0.3, 0.4) is 0 Å². The van der Waals surface area contributed by atoms with E-state index in [4.69, 9.17) is 9.47 Å². The van der Waals surface area contributed by atoms with Crippen molar-refractivity contribution in [1.82, 2.24) is 10.2 Å². The first-order chi connectivity index (χ1) is 20.8. The van der Waals surface area contributed by atoms with E-state index in [2.05, 4.69) is 10.2 Å². The molecule has 11 heteroatoms. The number of ether oxygens (including phenoxy) is 2. The average molecular weight is 620 g/mol. The summed E-state index contributed by atoms with van der Waals surface area (Å²) in [5.74, 6) is -0.740. The summed E-state index contributed by atoms with van der Waals surface area (Å²) in [7, 11) is 0. The summed E-state index contributed by atoms with van der Waals surface area (Å²) in [6.07, 6.45) is 0.808. The lowest BCUT2D eigenvalue weighted by Crippen LogP contribution is -2.29. The smallest absolute Gasteiger partial charge is 0.301 e. The number of aryl methyl sites for hydroxylation is 1. The van der Waals surface area contributed by atoms with Crippen LogP contribution in [-0.2, 0) is 15.3 Å². The fourth-order valence-electron chi connectivity index (χ4n) is 4.59. The number of benzene rings is 3. The summed E-state index contributed by atoms with van der Waals surface area (Å²) >= 11 is 2.54. The Morgan fingerprint density at radius 3 is 2.44 bits per heavy atom. The Balaban J connectivity index is 1.57. The Labute approximate surface area is 257 Å². The number of ketones is 1. The number of carbonyl (C=O) groups excluding carboxylic acids is 2. The van der Waals surface area contributed by atoms with Gasteiger partial charge in [0.1, 0.15) is 11.6 Å². The molecule has 1 N–H and O–H groups in total. The largest absolute Gasteiger partial charge is 0.507 e. The number of carbonyl (C=O) groups is 2. The van der Waals surface area contributed by atoms with Gasteiger partial charge in [-0.1, -0.05) is 78.1 Å². The molecule has 0 aliphatic carbocycles. The number of hydrogen-bond acceptors (Lipinski definition) is 9. The molecule has 1 aliphatic rings. The van der Waals surface area contributed by atoms with E-state index in [0.29, 0.717) is 45.9 Å². The van der Waals surface area contributed by atoms with Crippen molar-refractivity contribution in [3.05, 3.63) is 100 Å². The highest BCUT2D eigenvalue weighted by Crippen LogP contribution is 2.45. The molecule has 0 bridgehead atoms. The molecular formula is C32H30FN3O5S2. The zero-order chi connectivity index (χ0) is 30.5. The Kier molecular flexibility index (Phi) is 9.42. The monoisotopic (exact) mass is 619 g/mol. The number of aromatic nitrogens is 2. The zero-order valence-corrected chi connectivity index (χ0v) is 25.5. The Hall–Kier alpha value is -4.22. The van der Waals surface area contributed by atoms with Crippen LogP contribution < -0.4 is 14.4 Å². The van der Waals surface area contributed by atoms with Gasteiger partial charge in [-0.25, -0.2) is 4.39 Å². The second-order valence-electron chi connectivity index (χ2n) is 9.79. The van der Waals surface area contributed by atoms with Crippen molar-refractivity contribution < 1.29 is 28.6 Å². The van der Waals surface area contributed by atoms with Crippen molar-refractivity contribution in [2.75, 3.05) is 18.1 Å². The number of rotatable bonds is 11. The van der Waals surface area contributed by atoms with Crippen molar-refractivity contribution >= 4 is 45.7 Å². The maximum absolute atomic E-state index is 13.6. The topological polar surface area (TPSA) is 102 Å². The van der Waals surface area contributed by atoms with Crippen molar-refractivity contribution in [2.24, 2.45) is 0 Å². The fraction of sp³-hybridized carbons (Fsp3) is 0.250. The molecule has 1 unspecified atom stereocenters. The predicted octanol–water partition coefficient (Wildman–Crippen LogP) is 7.09. The summed E-state index contributed by atoms with van der Waals surface area (Å²) in [6.45, 7) is 6.64. The van der Waals surface area contributed by atoms with Crippen LogP contribution in [0.1, 0.15) is 48.6 Å². The number of thioether (sulfide) groups is 1. The predicted molar refractivity (Wildman–Crippen MR) is 165 cm³/mol. The lowest BCUT2D eigenvalue weighted by Gasteiger charge is -2.23. The van der Waals surface area contributed by atoms with Gasteiger partial charge < -0.3 is 14.6 Å². The van der Waals surface area contributed by atoms with Gasteiger partial charge in [0.15, 0.2) is 15.8 Å². The molecule has 0 spiro atoms. The number of hydrogen-bond donors (Lipinski definition) is 1. The van der Waals surface area contributed by atoms with E-state index in [1.54, 1.807) is 42.5 Å². The molecule has 8 nitrogen and oxygen atoms in total. The van der Waals surface area contributed by atoms with Crippen LogP contribution >= 0.6 is 23.1 Å². The van der Waals surface area contributed by atoms with Crippen LogP contribution in [-0.4, -0.2) is 40.2 Å². The standard InChI is InChI=1S/C32H30FN3O5S2/c1-4-16-41-24-15-12-22(17-25(24)40-5-2)27-26(28(37)21-10-6-19(3)7-11-21)29(38)30(39)36(27)31-34-35-32(43-31)42-18-20-8-13-23(33)14-9-20/h6-15,17,27,37H,4-5,16,18H2,1-3H3. The molecule has 3 aromatic carbocycles. The first-order valence-electron chi connectivity index (χ1n) is 13.8. The quantitative estimate of drug-likeness (QED) is 0.0624. The van der Waals surface area contributed by atoms with Crippen LogP contribution in [0, 0.1) is 12.7 Å². The maximum atomic E-state index is 13.6. The number of Topliss-reactive ketones (excluding diaryl/α,β-unsaturated/α-hetero) is 1. The number of halogens is 1. The Morgan fingerprint density at radius 1 is 1.00 bits per heavy atom. The highest BCUT2D eigenvalue weighted by atomic mass is 32.2. The van der Waals surface area contributed by atoms with E-state index in [0.717, 1.165) is 28.9 Å². The van der Waals surface area contributed by atoms with Gasteiger partial charge in [-0.3, -0.25) is 14.5 Å². The SMILES string of the molecule is CCCOc1ccc(C2C(=C(O)c3ccc(C)cc3)C(=O)C(=O)N2c2nnc(SCc3ccc(F)cc3)s2)cc1OCC. The molecule has 0 saturated carbocycles. The van der Waals surface area contributed by atoms with Crippen LogP contribution in [0.4, 0.5) is 9.52 Å². The molecular weight excluding hydrogens is 590 g/mol. The Morgan fingerprint density at radius 2 is 1.74 bits per heavy atom. The summed E-state index contributed by atoms with van der Waals surface area (Å²) in [4.78, 5) is 28.5. The van der Waals surface area contributed by atoms with Crippen LogP contribution in [0.15, 0.2) is 76.6 Å². The molecule has 1 aromatic heterocycles.